The summed E-state index contributed by atoms with van der Waals surface area (Å²) in [5.41, 5.74) is 6.13. The van der Waals surface area contributed by atoms with E-state index in [1.165, 1.54) is 98.5 Å². The van der Waals surface area contributed by atoms with Crippen molar-refractivity contribution < 1.29 is 4.79 Å². The molecule has 0 unspecified atom stereocenters. The second kappa shape index (κ2) is 15.0. The first-order valence-corrected chi connectivity index (χ1v) is 15.8. The molecule has 208 valence electrons. The number of aromatic nitrogens is 1. The number of hydrogen-bond donors (Lipinski definition) is 1. The van der Waals surface area contributed by atoms with Gasteiger partial charge in [-0.1, -0.05) is 99.1 Å². The van der Waals surface area contributed by atoms with Gasteiger partial charge in [-0.05, 0) is 60.1 Å². The van der Waals surface area contributed by atoms with Crippen LogP contribution in [0, 0.1) is 0 Å². The molecule has 0 atom stereocenters. The van der Waals surface area contributed by atoms with E-state index in [0.29, 0.717) is 11.3 Å². The van der Waals surface area contributed by atoms with Gasteiger partial charge in [-0.15, -0.1) is 11.3 Å². The molecule has 4 rings (SSSR count). The number of hydrogen-bond acceptors (Lipinski definition) is 3. The molecule has 1 saturated carbocycles. The molecule has 2 aliphatic rings. The molecule has 0 saturated heterocycles. The maximum absolute atomic E-state index is 10.1. The van der Waals surface area contributed by atoms with Gasteiger partial charge < -0.3 is 5.32 Å². The lowest BCUT2D eigenvalue weighted by atomic mass is 9.63. The maximum Gasteiger partial charge on any atom is 0.216 e. The third-order valence-electron chi connectivity index (χ3n) is 7.96. The van der Waals surface area contributed by atoms with Crippen molar-refractivity contribution in [3.63, 3.8) is 0 Å². The highest BCUT2D eigenvalue weighted by Gasteiger charge is 2.37. The van der Waals surface area contributed by atoms with E-state index < -0.39 is 0 Å². The van der Waals surface area contributed by atoms with Crippen molar-refractivity contribution in [1.82, 2.24) is 10.3 Å². The third kappa shape index (κ3) is 9.53. The molecule has 0 radical (unpaired) electrons. The Hall–Kier alpha value is -1.68. The first-order valence-electron chi connectivity index (χ1n) is 14.9. The zero-order valence-electron chi connectivity index (χ0n) is 25.1. The summed E-state index contributed by atoms with van der Waals surface area (Å²) in [6, 6.07) is 7.13. The Morgan fingerprint density at radius 3 is 2.08 bits per heavy atom. The first kappa shape index (κ1) is 31.5. The van der Waals surface area contributed by atoms with Crippen molar-refractivity contribution in [3.05, 3.63) is 39.7 Å². The van der Waals surface area contributed by atoms with E-state index in [-0.39, 0.29) is 11.3 Å². The molecule has 1 aromatic carbocycles. The summed E-state index contributed by atoms with van der Waals surface area (Å²) in [6.45, 7) is 18.4. The topological polar surface area (TPSA) is 42.0 Å². The van der Waals surface area contributed by atoms with Gasteiger partial charge in [0.1, 0.15) is 0 Å². The van der Waals surface area contributed by atoms with Gasteiger partial charge in [-0.2, -0.15) is 0 Å². The van der Waals surface area contributed by atoms with Crippen LogP contribution in [0.3, 0.4) is 0 Å². The van der Waals surface area contributed by atoms with Gasteiger partial charge >= 0.3 is 0 Å². The second-order valence-corrected chi connectivity index (χ2v) is 13.2. The zero-order valence-corrected chi connectivity index (χ0v) is 26.0. The molecule has 1 heterocycles. The molecule has 1 amide bonds. The molecule has 0 bridgehead atoms. The Balaban J connectivity index is 0.000000337. The fourth-order valence-corrected chi connectivity index (χ4v) is 6.36. The largest absolute Gasteiger partial charge is 0.356 e. The van der Waals surface area contributed by atoms with Gasteiger partial charge in [-0.25, -0.2) is 4.98 Å². The van der Waals surface area contributed by atoms with Crippen LogP contribution >= 0.6 is 11.3 Å². The van der Waals surface area contributed by atoms with E-state index in [2.05, 4.69) is 70.4 Å². The molecule has 37 heavy (non-hydrogen) atoms. The zero-order chi connectivity index (χ0) is 27.5. The number of carbonyl (C=O) groups excluding carboxylic acids is 1. The standard InChI is InChI=1S/C23H31NS.C5H11NO.C5H12/c1-22(2)12-13-23(3,4)19-14-17(10-11-18(19)22)20-15-25-21(24-20)16-8-6-5-7-9-16;1-3-4-6-5(2)7;1-3-5-4-2/h10-11,14-16H,5-9,12-13H2,1-4H3;3-4H2,1-2H3,(H,6,7);3-5H2,1-2H3. The monoisotopic (exact) mass is 526 g/mol. The summed E-state index contributed by atoms with van der Waals surface area (Å²) in [5.74, 6) is 0.766. The average Bonchev–Trinajstić information content (AvgIpc) is 3.38. The summed E-state index contributed by atoms with van der Waals surface area (Å²) in [5, 5.41) is 6.31. The summed E-state index contributed by atoms with van der Waals surface area (Å²) in [4.78, 5) is 15.1. The third-order valence-corrected chi connectivity index (χ3v) is 8.96. The van der Waals surface area contributed by atoms with Gasteiger partial charge in [-0.3, -0.25) is 4.79 Å². The number of amides is 1. The van der Waals surface area contributed by atoms with Crippen molar-refractivity contribution in [1.29, 1.82) is 0 Å². The van der Waals surface area contributed by atoms with Crippen LogP contribution in [0.1, 0.15) is 148 Å². The lowest BCUT2D eigenvalue weighted by molar-refractivity contribution is -0.118. The molecule has 4 heteroatoms. The lowest BCUT2D eigenvalue weighted by Crippen LogP contribution is -2.33. The van der Waals surface area contributed by atoms with Crippen LogP contribution < -0.4 is 5.32 Å². The molecular weight excluding hydrogens is 472 g/mol. The van der Waals surface area contributed by atoms with Crippen molar-refractivity contribution >= 4 is 17.2 Å². The molecule has 1 N–H and O–H groups in total. The van der Waals surface area contributed by atoms with Crippen molar-refractivity contribution in [3.8, 4) is 11.3 Å². The highest BCUT2D eigenvalue weighted by atomic mass is 32.1. The minimum absolute atomic E-state index is 0.0573. The van der Waals surface area contributed by atoms with Gasteiger partial charge in [0.05, 0.1) is 10.7 Å². The number of thiazole rings is 1. The van der Waals surface area contributed by atoms with E-state index in [9.17, 15) is 4.79 Å². The highest BCUT2D eigenvalue weighted by Crippen LogP contribution is 2.47. The predicted molar refractivity (Wildman–Crippen MR) is 163 cm³/mol. The fourth-order valence-electron chi connectivity index (χ4n) is 5.36. The minimum Gasteiger partial charge on any atom is -0.356 e. The number of nitrogens with one attached hydrogen (secondary N) is 1. The highest BCUT2D eigenvalue weighted by molar-refractivity contribution is 7.10. The van der Waals surface area contributed by atoms with Crippen LogP contribution in [-0.4, -0.2) is 17.4 Å². The van der Waals surface area contributed by atoms with Crippen molar-refractivity contribution in [2.75, 3.05) is 6.54 Å². The number of carbonyl (C=O) groups is 1. The van der Waals surface area contributed by atoms with Crippen LogP contribution in [0.15, 0.2) is 23.6 Å². The molecule has 2 aliphatic carbocycles. The van der Waals surface area contributed by atoms with Gasteiger partial charge in [0.25, 0.3) is 0 Å². The fraction of sp³-hybridized carbons (Fsp3) is 0.697. The van der Waals surface area contributed by atoms with Crippen molar-refractivity contribution in [2.45, 2.75) is 143 Å². The molecule has 3 nitrogen and oxygen atoms in total. The lowest BCUT2D eigenvalue weighted by Gasteiger charge is -2.42. The van der Waals surface area contributed by atoms with E-state index >= 15 is 0 Å². The molecule has 0 spiro atoms. The van der Waals surface area contributed by atoms with Crippen LogP contribution in [0.25, 0.3) is 11.3 Å². The number of nitrogens with zero attached hydrogens (tertiary/aromatic N) is 1. The molecule has 1 aromatic heterocycles. The SMILES string of the molecule is CC1(C)CCC(C)(C)c2cc(-c3csc(C4CCCCC4)n3)ccc21.CCCCC.CCCNC(C)=O. The number of benzene rings is 1. The van der Waals surface area contributed by atoms with E-state index in [1.807, 2.05) is 18.3 Å². The Bertz CT molecular complexity index is 951. The molecule has 2 aromatic rings. The maximum atomic E-state index is 10.1. The van der Waals surface area contributed by atoms with Gasteiger partial charge in [0.2, 0.25) is 5.91 Å². The Morgan fingerprint density at radius 2 is 1.57 bits per heavy atom. The smallest absolute Gasteiger partial charge is 0.216 e. The first-order chi connectivity index (χ1) is 17.6. The Kier molecular flexibility index (Phi) is 12.8. The summed E-state index contributed by atoms with van der Waals surface area (Å²) in [7, 11) is 0. The second-order valence-electron chi connectivity index (χ2n) is 12.3. The van der Waals surface area contributed by atoms with Crippen LogP contribution in [-0.2, 0) is 15.6 Å². The predicted octanol–water partition coefficient (Wildman–Crippen LogP) is 9.94. The Labute approximate surface area is 232 Å². The number of unbranched alkanes of at least 4 members (excludes halogenated alkanes) is 2. The number of rotatable bonds is 6. The van der Waals surface area contributed by atoms with Crippen molar-refractivity contribution in [2.24, 2.45) is 0 Å². The normalized spacial score (nSPS) is 17.9. The average molecular weight is 527 g/mol. The van der Waals surface area contributed by atoms with Crippen LogP contribution in [0.4, 0.5) is 0 Å². The molecular formula is C33H54N2OS. The number of fused-ring (bicyclic) bond motifs is 1. The van der Waals surface area contributed by atoms with Crippen LogP contribution in [0.2, 0.25) is 0 Å². The van der Waals surface area contributed by atoms with E-state index in [4.69, 9.17) is 4.98 Å². The minimum atomic E-state index is 0.0573. The Morgan fingerprint density at radius 1 is 0.946 bits per heavy atom. The molecule has 0 aliphatic heterocycles. The van der Waals surface area contributed by atoms with Gasteiger partial charge in [0, 0.05) is 30.3 Å². The van der Waals surface area contributed by atoms with E-state index in [0.717, 1.165) is 13.0 Å². The molecule has 1 fully saturated rings. The van der Waals surface area contributed by atoms with E-state index in [1.54, 1.807) is 0 Å². The summed E-state index contributed by atoms with van der Waals surface area (Å²) < 4.78 is 0. The van der Waals surface area contributed by atoms with Crippen LogP contribution in [0.5, 0.6) is 0 Å². The summed E-state index contributed by atoms with van der Waals surface area (Å²) in [6.07, 6.45) is 14.5. The quantitative estimate of drug-likeness (QED) is 0.407. The van der Waals surface area contributed by atoms with Gasteiger partial charge in [0.15, 0.2) is 0 Å². The summed E-state index contributed by atoms with van der Waals surface area (Å²) >= 11 is 1.88.